The number of hydrogen-bond donors (Lipinski definition) is 1. The van der Waals surface area contributed by atoms with Gasteiger partial charge < -0.3 is 0 Å². The molecule has 0 bridgehead atoms. The topological polar surface area (TPSA) is 94.0 Å². The smallest absolute Gasteiger partial charge is 0.239 e. The van der Waals surface area contributed by atoms with Gasteiger partial charge in [-0.05, 0) is 41.3 Å². The van der Waals surface area contributed by atoms with Crippen molar-refractivity contribution in [3.8, 4) is 0 Å². The molecular formula is C28H24ClN6OPS. The number of rotatable bonds is 8. The number of halogens is 1. The van der Waals surface area contributed by atoms with E-state index in [0.717, 1.165) is 21.7 Å². The SMILES string of the molecule is [N-]=[N+]=NC(C(=O)N1CCc2cccnc21)C(NP(=S)(c1ccccc1)c1ccccc1)c1ccc(Cl)cc1. The molecule has 10 heteroatoms. The van der Waals surface area contributed by atoms with Crippen molar-refractivity contribution in [2.75, 3.05) is 11.4 Å². The molecular weight excluding hydrogens is 535 g/mol. The highest BCUT2D eigenvalue weighted by Crippen LogP contribution is 2.44. The van der Waals surface area contributed by atoms with Crippen molar-refractivity contribution < 1.29 is 4.79 Å². The van der Waals surface area contributed by atoms with Crippen molar-refractivity contribution in [1.82, 2.24) is 10.1 Å². The molecule has 2 atom stereocenters. The van der Waals surface area contributed by atoms with Gasteiger partial charge in [0.2, 0.25) is 5.91 Å². The predicted octanol–water partition coefficient (Wildman–Crippen LogP) is 5.68. The van der Waals surface area contributed by atoms with Gasteiger partial charge >= 0.3 is 0 Å². The zero-order valence-electron chi connectivity index (χ0n) is 20.3. The van der Waals surface area contributed by atoms with Crippen LogP contribution in [0.4, 0.5) is 5.82 Å². The summed E-state index contributed by atoms with van der Waals surface area (Å²) < 4.78 is 0. The number of hydrogen-bond acceptors (Lipinski definition) is 4. The summed E-state index contributed by atoms with van der Waals surface area (Å²) in [4.78, 5) is 23.2. The third kappa shape index (κ3) is 5.23. The van der Waals surface area contributed by atoms with Crippen molar-refractivity contribution in [3.63, 3.8) is 0 Å². The van der Waals surface area contributed by atoms with E-state index in [-0.39, 0.29) is 5.91 Å². The van der Waals surface area contributed by atoms with E-state index in [1.54, 1.807) is 23.2 Å². The molecule has 1 aliphatic rings. The number of pyridine rings is 1. The van der Waals surface area contributed by atoms with Crippen LogP contribution in [0.1, 0.15) is 17.2 Å². The number of carbonyl (C=O) groups excluding carboxylic acids is 1. The molecule has 3 aromatic carbocycles. The number of anilines is 1. The number of aromatic nitrogens is 1. The lowest BCUT2D eigenvalue weighted by molar-refractivity contribution is -0.120. The van der Waals surface area contributed by atoms with Crippen molar-refractivity contribution in [1.29, 1.82) is 0 Å². The average molecular weight is 559 g/mol. The maximum atomic E-state index is 14.1. The lowest BCUT2D eigenvalue weighted by atomic mass is 9.99. The van der Waals surface area contributed by atoms with Gasteiger partial charge in [-0.3, -0.25) is 14.8 Å². The normalized spacial score (nSPS) is 14.3. The molecule has 5 rings (SSSR count). The molecule has 7 nitrogen and oxygen atoms in total. The highest BCUT2D eigenvalue weighted by atomic mass is 35.5. The van der Waals surface area contributed by atoms with Gasteiger partial charge in [0.15, 0.2) is 0 Å². The predicted molar refractivity (Wildman–Crippen MR) is 157 cm³/mol. The monoisotopic (exact) mass is 558 g/mol. The molecule has 1 N–H and O–H groups in total. The van der Waals surface area contributed by atoms with Crippen molar-refractivity contribution in [2.24, 2.45) is 5.11 Å². The first-order valence-corrected chi connectivity index (χ1v) is 15.2. The minimum Gasteiger partial charge on any atom is -0.296 e. The fraction of sp³-hybridized carbons (Fsp3) is 0.143. The van der Waals surface area contributed by atoms with E-state index in [1.165, 1.54) is 0 Å². The minimum atomic E-state index is -2.69. The molecule has 1 aliphatic heterocycles. The standard InChI is InChI=1S/C28H24ClN6OPS/c29-22-15-13-20(14-16-22)25(26(32-34-30)28(36)35-19-17-21-8-7-18-31-27(21)35)33-37(38,23-9-3-1-4-10-23)24-11-5-2-6-12-24/h1-16,18,25-26H,17,19H2,(H,33,38). The summed E-state index contributed by atoms with van der Waals surface area (Å²) in [5, 5.41) is 10.1. The molecule has 0 spiro atoms. The van der Waals surface area contributed by atoms with Crippen LogP contribution >= 0.6 is 17.8 Å². The summed E-state index contributed by atoms with van der Waals surface area (Å²) in [5.41, 5.74) is 11.3. The summed E-state index contributed by atoms with van der Waals surface area (Å²) in [6.07, 6.45) is -0.349. The maximum Gasteiger partial charge on any atom is 0.239 e. The van der Waals surface area contributed by atoms with Gasteiger partial charge in [-0.1, -0.05) is 107 Å². The second-order valence-electron chi connectivity index (χ2n) is 8.81. The zero-order valence-corrected chi connectivity index (χ0v) is 22.7. The van der Waals surface area contributed by atoms with Crippen molar-refractivity contribution in [2.45, 2.75) is 18.5 Å². The van der Waals surface area contributed by atoms with Crippen LogP contribution in [0.2, 0.25) is 5.02 Å². The van der Waals surface area contributed by atoms with E-state index in [1.807, 2.05) is 84.9 Å². The fourth-order valence-electron chi connectivity index (χ4n) is 4.66. The zero-order chi connectivity index (χ0) is 26.5. The van der Waals surface area contributed by atoms with Gasteiger partial charge in [0, 0.05) is 33.3 Å². The van der Waals surface area contributed by atoms with Crippen LogP contribution in [0.25, 0.3) is 10.4 Å². The fourth-order valence-corrected chi connectivity index (χ4v) is 8.32. The van der Waals surface area contributed by atoms with Gasteiger partial charge in [0.25, 0.3) is 0 Å². The highest BCUT2D eigenvalue weighted by Gasteiger charge is 2.38. The Morgan fingerprint density at radius 3 is 2.24 bits per heavy atom. The number of fused-ring (bicyclic) bond motifs is 1. The summed E-state index contributed by atoms with van der Waals surface area (Å²) in [6.45, 7) is 0.460. The molecule has 190 valence electrons. The summed E-state index contributed by atoms with van der Waals surface area (Å²) in [5.74, 6) is 0.256. The van der Waals surface area contributed by atoms with E-state index < -0.39 is 18.3 Å². The maximum absolute atomic E-state index is 14.1. The number of azide groups is 1. The van der Waals surface area contributed by atoms with Crippen LogP contribution in [0.3, 0.4) is 0 Å². The quantitative estimate of drug-likeness (QED) is 0.130. The molecule has 0 saturated heterocycles. The Labute approximate surface area is 231 Å². The van der Waals surface area contributed by atoms with Crippen LogP contribution in [0.5, 0.6) is 0 Å². The summed E-state index contributed by atoms with van der Waals surface area (Å²) in [6, 6.07) is 28.8. The van der Waals surface area contributed by atoms with Crippen LogP contribution < -0.4 is 20.6 Å². The third-order valence-electron chi connectivity index (χ3n) is 6.53. The summed E-state index contributed by atoms with van der Waals surface area (Å²) in [7, 11) is 0. The van der Waals surface area contributed by atoms with Gasteiger partial charge in [-0.25, -0.2) is 4.98 Å². The van der Waals surface area contributed by atoms with Gasteiger partial charge in [-0.2, -0.15) is 0 Å². The first-order valence-electron chi connectivity index (χ1n) is 12.1. The van der Waals surface area contributed by atoms with Gasteiger partial charge in [0.1, 0.15) is 11.9 Å². The van der Waals surface area contributed by atoms with Crippen LogP contribution in [-0.2, 0) is 23.0 Å². The molecule has 0 saturated carbocycles. The molecule has 0 radical (unpaired) electrons. The second kappa shape index (κ2) is 11.5. The Hall–Kier alpha value is -3.51. The van der Waals surface area contributed by atoms with E-state index in [9.17, 15) is 10.3 Å². The molecule has 2 unspecified atom stereocenters. The number of amides is 1. The Kier molecular flexibility index (Phi) is 7.89. The number of benzene rings is 3. The Balaban J connectivity index is 1.63. The van der Waals surface area contributed by atoms with Crippen molar-refractivity contribution in [3.05, 3.63) is 130 Å². The summed E-state index contributed by atoms with van der Waals surface area (Å²) >= 11 is 12.6. The van der Waals surface area contributed by atoms with Crippen molar-refractivity contribution >= 4 is 51.9 Å². The van der Waals surface area contributed by atoms with E-state index in [2.05, 4.69) is 20.1 Å². The van der Waals surface area contributed by atoms with E-state index >= 15 is 0 Å². The van der Waals surface area contributed by atoms with E-state index in [0.29, 0.717) is 23.8 Å². The molecule has 38 heavy (non-hydrogen) atoms. The number of nitrogens with zero attached hydrogens (tertiary/aromatic N) is 5. The first-order chi connectivity index (χ1) is 18.5. The average Bonchev–Trinajstić information content (AvgIpc) is 3.40. The molecule has 1 amide bonds. The Bertz CT molecular complexity index is 1490. The minimum absolute atomic E-state index is 0.338. The van der Waals surface area contributed by atoms with Crippen LogP contribution in [-0.4, -0.2) is 23.5 Å². The molecule has 2 heterocycles. The Morgan fingerprint density at radius 1 is 1.00 bits per heavy atom. The number of nitrogens with one attached hydrogen (secondary N) is 1. The largest absolute Gasteiger partial charge is 0.296 e. The number of carbonyl (C=O) groups is 1. The highest BCUT2D eigenvalue weighted by molar-refractivity contribution is 8.20. The molecule has 1 aromatic heterocycles. The molecule has 0 aliphatic carbocycles. The lowest BCUT2D eigenvalue weighted by Gasteiger charge is -2.34. The van der Waals surface area contributed by atoms with Crippen LogP contribution in [0.15, 0.2) is 108 Å². The van der Waals surface area contributed by atoms with Gasteiger partial charge in [0.05, 0.1) is 12.2 Å². The molecule has 0 fully saturated rings. The molecule has 4 aromatic rings. The van der Waals surface area contributed by atoms with Gasteiger partial charge in [-0.15, -0.1) is 0 Å². The second-order valence-corrected chi connectivity index (χ2v) is 13.4. The third-order valence-corrected chi connectivity index (χ3v) is 11.1. The first kappa shape index (κ1) is 26.1. The van der Waals surface area contributed by atoms with E-state index in [4.69, 9.17) is 23.4 Å². The van der Waals surface area contributed by atoms with Crippen LogP contribution in [0, 0.1) is 0 Å². The lowest BCUT2D eigenvalue weighted by Crippen LogP contribution is -2.45. The Morgan fingerprint density at radius 2 is 1.63 bits per heavy atom.